The smallest absolute Gasteiger partial charge is 0.0814 e. The molecule has 0 aliphatic heterocycles. The third-order valence-corrected chi connectivity index (χ3v) is 13.2. The minimum absolute atomic E-state index is 0.496. The Morgan fingerprint density at radius 2 is 0.714 bits per heavy atom. The lowest BCUT2D eigenvalue weighted by atomic mass is 9.14. The van der Waals surface area contributed by atoms with Gasteiger partial charge in [-0.3, -0.25) is 0 Å². The van der Waals surface area contributed by atoms with Gasteiger partial charge in [0.05, 0.1) is 30.8 Å². The maximum absolute atomic E-state index is 2.36. The van der Waals surface area contributed by atoms with Gasteiger partial charge in [0.2, 0.25) is 0 Å². The van der Waals surface area contributed by atoms with Crippen molar-refractivity contribution in [3.05, 3.63) is 91.0 Å². The molecule has 3 aromatic rings. The summed E-state index contributed by atoms with van der Waals surface area (Å²) in [4.78, 5) is 0. The molecule has 0 nitrogen and oxygen atoms in total. The monoisotopic (exact) mass is 488 g/mol. The summed E-state index contributed by atoms with van der Waals surface area (Å²) in [6.45, 7) is 11.7. The molecule has 0 aromatic heterocycles. The third-order valence-electron chi connectivity index (χ3n) is 7.62. The van der Waals surface area contributed by atoms with Crippen LogP contribution in [0.25, 0.3) is 0 Å². The van der Waals surface area contributed by atoms with Crippen LogP contribution in [-0.2, 0) is 0 Å². The Morgan fingerprint density at radius 1 is 0.429 bits per heavy atom. The Balaban J connectivity index is 0.000000287. The lowest BCUT2D eigenvalue weighted by molar-refractivity contribution is 0.963. The molecule has 0 saturated carbocycles. The van der Waals surface area contributed by atoms with Crippen molar-refractivity contribution in [3.63, 3.8) is 0 Å². The first-order chi connectivity index (χ1) is 17.1. The van der Waals surface area contributed by atoms with Crippen LogP contribution in [0.5, 0.6) is 0 Å². The molecule has 0 spiro atoms. The van der Waals surface area contributed by atoms with Crippen LogP contribution < -0.4 is 16.4 Å². The predicted molar refractivity (Wildman–Crippen MR) is 167 cm³/mol. The average molecular weight is 489 g/mol. The molecule has 0 heterocycles. The summed E-state index contributed by atoms with van der Waals surface area (Å²) in [6, 6.07) is 33.0. The zero-order chi connectivity index (χ0) is 25.4. The van der Waals surface area contributed by atoms with Gasteiger partial charge < -0.3 is 0 Å². The molecule has 190 valence electrons. The summed E-state index contributed by atoms with van der Waals surface area (Å²) >= 11 is 0. The van der Waals surface area contributed by atoms with E-state index in [9.17, 15) is 0 Å². The maximum Gasteiger partial charge on any atom is 0.0814 e. The molecule has 0 radical (unpaired) electrons. The third kappa shape index (κ3) is 8.08. The van der Waals surface area contributed by atoms with Crippen molar-refractivity contribution in [2.24, 2.45) is 0 Å². The molecule has 35 heavy (non-hydrogen) atoms. The second-order valence-corrected chi connectivity index (χ2v) is 14.8. The van der Waals surface area contributed by atoms with Gasteiger partial charge in [0.25, 0.3) is 0 Å². The molecule has 0 N–H and O–H groups in total. The summed E-state index contributed by atoms with van der Waals surface area (Å²) < 4.78 is 0. The van der Waals surface area contributed by atoms with Gasteiger partial charge in [-0.05, 0) is 25.7 Å². The Bertz CT molecular complexity index is 781. The van der Waals surface area contributed by atoms with E-state index in [1.54, 1.807) is 24.6 Å². The van der Waals surface area contributed by atoms with Crippen molar-refractivity contribution >= 4 is 29.8 Å². The van der Waals surface area contributed by atoms with Crippen LogP contribution in [0.1, 0.15) is 66.7 Å². The van der Waals surface area contributed by atoms with Gasteiger partial charge in [0.15, 0.2) is 0 Å². The van der Waals surface area contributed by atoms with Crippen LogP contribution in [0.15, 0.2) is 91.0 Å². The van der Waals surface area contributed by atoms with Gasteiger partial charge >= 0.3 is 0 Å². The van der Waals surface area contributed by atoms with Crippen LogP contribution in [0, 0.1) is 0 Å². The highest BCUT2D eigenvalue weighted by molar-refractivity contribution is 7.75. The second kappa shape index (κ2) is 16.0. The van der Waals surface area contributed by atoms with Crippen molar-refractivity contribution in [3.8, 4) is 0 Å². The molecule has 0 aliphatic carbocycles. The maximum atomic E-state index is 2.36. The van der Waals surface area contributed by atoms with E-state index in [1.165, 1.54) is 48.5 Å². The van der Waals surface area contributed by atoms with Crippen molar-refractivity contribution in [1.82, 2.24) is 0 Å². The molecular formula is C33H50BP. The molecule has 0 bridgehead atoms. The van der Waals surface area contributed by atoms with E-state index in [0.717, 1.165) is 6.32 Å². The Kier molecular flexibility index (Phi) is 13.4. The molecule has 0 unspecified atom stereocenters. The molecule has 0 saturated heterocycles. The average Bonchev–Trinajstić information content (AvgIpc) is 2.90. The van der Waals surface area contributed by atoms with Crippen LogP contribution in [-0.4, -0.2) is 30.8 Å². The normalized spacial score (nSPS) is 11.6. The molecule has 0 fully saturated rings. The SMILES string of the molecule is CCC[B-](c1ccccc1)(c1ccccc1)c1ccccc1.CCC[P+](CCC)(CCC)CCC. The Labute approximate surface area is 218 Å². The van der Waals surface area contributed by atoms with Gasteiger partial charge in [0, 0.05) is 7.26 Å². The van der Waals surface area contributed by atoms with E-state index in [4.69, 9.17) is 0 Å². The molecule has 0 amide bonds. The van der Waals surface area contributed by atoms with Crippen LogP contribution in [0.3, 0.4) is 0 Å². The first-order valence-corrected chi connectivity index (χ1v) is 16.8. The molecule has 3 rings (SSSR count). The van der Waals surface area contributed by atoms with E-state index < -0.39 is 13.4 Å². The Hall–Kier alpha value is -1.85. The van der Waals surface area contributed by atoms with Crippen molar-refractivity contribution in [2.75, 3.05) is 24.6 Å². The molecule has 3 aromatic carbocycles. The largest absolute Gasteiger partial charge is 0.200 e. The van der Waals surface area contributed by atoms with Crippen LogP contribution in [0.2, 0.25) is 6.32 Å². The zero-order valence-corrected chi connectivity index (χ0v) is 24.2. The number of benzene rings is 3. The first kappa shape index (κ1) is 29.4. The molecular weight excluding hydrogens is 438 g/mol. The highest BCUT2D eigenvalue weighted by atomic mass is 31.2. The Morgan fingerprint density at radius 3 is 0.943 bits per heavy atom. The summed E-state index contributed by atoms with van der Waals surface area (Å²) in [7, 11) is -0.496. The lowest BCUT2D eigenvalue weighted by Gasteiger charge is -2.43. The van der Waals surface area contributed by atoms with Crippen molar-refractivity contribution < 1.29 is 0 Å². The molecule has 2 heteroatoms. The van der Waals surface area contributed by atoms with Crippen molar-refractivity contribution in [1.29, 1.82) is 0 Å². The van der Waals surface area contributed by atoms with E-state index in [1.807, 2.05) is 0 Å². The fraction of sp³-hybridized carbons (Fsp3) is 0.455. The fourth-order valence-electron chi connectivity index (χ4n) is 6.42. The van der Waals surface area contributed by atoms with Gasteiger partial charge in [-0.25, -0.2) is 0 Å². The van der Waals surface area contributed by atoms with Gasteiger partial charge in [-0.2, -0.15) is 22.7 Å². The summed E-state index contributed by atoms with van der Waals surface area (Å²) in [5.74, 6) is 0. The van der Waals surface area contributed by atoms with Crippen molar-refractivity contribution in [2.45, 2.75) is 73.0 Å². The van der Waals surface area contributed by atoms with E-state index in [0.29, 0.717) is 0 Å². The lowest BCUT2D eigenvalue weighted by Crippen LogP contribution is -2.66. The van der Waals surface area contributed by atoms with Crippen LogP contribution >= 0.6 is 7.26 Å². The summed E-state index contributed by atoms with van der Waals surface area (Å²) in [6.07, 6.45) is 13.3. The van der Waals surface area contributed by atoms with Gasteiger partial charge in [-0.1, -0.05) is 132 Å². The fourth-order valence-corrected chi connectivity index (χ4v) is 11.6. The number of hydrogen-bond donors (Lipinski definition) is 0. The molecule has 0 aliphatic rings. The summed E-state index contributed by atoms with van der Waals surface area (Å²) in [5.41, 5.74) is 4.30. The minimum atomic E-state index is -0.905. The minimum Gasteiger partial charge on any atom is -0.200 e. The van der Waals surface area contributed by atoms with Crippen LogP contribution in [0.4, 0.5) is 0 Å². The number of hydrogen-bond acceptors (Lipinski definition) is 0. The van der Waals surface area contributed by atoms with E-state index in [2.05, 4.69) is 126 Å². The first-order valence-electron chi connectivity index (χ1n) is 14.3. The van der Waals surface area contributed by atoms with Gasteiger partial charge in [0.1, 0.15) is 0 Å². The van der Waals surface area contributed by atoms with Gasteiger partial charge in [-0.15, -0.1) is 0 Å². The zero-order valence-electron chi connectivity index (χ0n) is 23.3. The quantitative estimate of drug-likeness (QED) is 0.168. The predicted octanol–water partition coefficient (Wildman–Crippen LogP) is 8.21. The second-order valence-electron chi connectivity index (χ2n) is 10.3. The molecule has 0 atom stereocenters. The standard InChI is InChI=1S/C21H22B.C12H28P/c1-2-18-22(19-12-6-3-7-13-19,20-14-8-4-9-15-20)21-16-10-5-11-17-21;1-5-9-13(10-6-2,11-7-3)12-8-4/h3-17H,2,18H2,1H3;5-12H2,1-4H3/q-1;+1. The summed E-state index contributed by atoms with van der Waals surface area (Å²) in [5, 5.41) is 0. The van der Waals surface area contributed by atoms with E-state index >= 15 is 0 Å². The highest BCUT2D eigenvalue weighted by Gasteiger charge is 2.33. The topological polar surface area (TPSA) is 0 Å². The number of rotatable bonds is 13. The highest BCUT2D eigenvalue weighted by Crippen LogP contribution is 2.60. The van der Waals surface area contributed by atoms with E-state index in [-0.39, 0.29) is 0 Å².